The Morgan fingerprint density at radius 2 is 1.95 bits per heavy atom. The van der Waals surface area contributed by atoms with Gasteiger partial charge < -0.3 is 0 Å². The second kappa shape index (κ2) is 6.55. The van der Waals surface area contributed by atoms with Crippen molar-refractivity contribution in [2.24, 2.45) is 7.05 Å². The first-order chi connectivity index (χ1) is 9.56. The normalized spacial score (nSPS) is 12.1. The minimum absolute atomic E-state index is 0.217. The van der Waals surface area contributed by atoms with Crippen molar-refractivity contribution in [1.29, 1.82) is 0 Å². The van der Waals surface area contributed by atoms with E-state index in [1.165, 1.54) is 16.8 Å². The number of benzene rings is 1. The van der Waals surface area contributed by atoms with Gasteiger partial charge in [0.05, 0.1) is 5.02 Å². The molecule has 0 spiro atoms. The molecule has 3 nitrogen and oxygen atoms in total. The predicted octanol–water partition coefficient (Wildman–Crippen LogP) is 4.09. The molecule has 0 amide bonds. The van der Waals surface area contributed by atoms with Gasteiger partial charge in [-0.25, -0.2) is 0 Å². The highest BCUT2D eigenvalue weighted by Crippen LogP contribution is 2.16. The van der Waals surface area contributed by atoms with Gasteiger partial charge in [0.1, 0.15) is 0 Å². The molecule has 1 heterocycles. The number of aryl methyl sites for hydroxylation is 1. The number of hydrogen-bond donors (Lipinski definition) is 0. The Bertz CT molecular complexity index is 672. The maximum Gasteiger partial charge on any atom is 0.207 e. The Labute approximate surface area is 127 Å². The molecular formula is C15H12Cl2N2O. The number of nitrogens with zero attached hydrogens (tertiary/aromatic N) is 2. The summed E-state index contributed by atoms with van der Waals surface area (Å²) < 4.78 is 1.49. The number of hydrogen-bond acceptors (Lipinski definition) is 2. The molecule has 1 aromatic heterocycles. The average molecular weight is 307 g/mol. The van der Waals surface area contributed by atoms with Gasteiger partial charge in [0.25, 0.3) is 0 Å². The van der Waals surface area contributed by atoms with E-state index in [2.05, 4.69) is 5.10 Å². The number of halogens is 2. The molecule has 20 heavy (non-hydrogen) atoms. The van der Waals surface area contributed by atoms with Gasteiger partial charge in [0.2, 0.25) is 5.78 Å². The first kappa shape index (κ1) is 14.6. The first-order valence-corrected chi connectivity index (χ1v) is 6.65. The van der Waals surface area contributed by atoms with Crippen molar-refractivity contribution in [2.75, 3.05) is 0 Å². The summed E-state index contributed by atoms with van der Waals surface area (Å²) in [5.74, 6) is -0.282. The Morgan fingerprint density at radius 1 is 1.25 bits per heavy atom. The van der Waals surface area contributed by atoms with Crippen LogP contribution in [0.25, 0.3) is 6.08 Å². The Morgan fingerprint density at radius 3 is 2.55 bits per heavy atom. The second-order valence-corrected chi connectivity index (χ2v) is 4.98. The lowest BCUT2D eigenvalue weighted by Crippen LogP contribution is -1.98. The zero-order valence-electron chi connectivity index (χ0n) is 10.8. The van der Waals surface area contributed by atoms with Crippen molar-refractivity contribution in [3.8, 4) is 0 Å². The zero-order valence-corrected chi connectivity index (χ0v) is 12.3. The van der Waals surface area contributed by atoms with E-state index < -0.39 is 0 Å². The fourth-order valence-corrected chi connectivity index (χ4v) is 2.08. The third-order valence-electron chi connectivity index (χ3n) is 2.52. The van der Waals surface area contributed by atoms with Crippen LogP contribution in [0.3, 0.4) is 0 Å². The van der Waals surface area contributed by atoms with E-state index in [1.807, 2.05) is 30.3 Å². The molecular weight excluding hydrogens is 295 g/mol. The third-order valence-corrected chi connectivity index (χ3v) is 3.03. The maximum atomic E-state index is 11.9. The van der Waals surface area contributed by atoms with Gasteiger partial charge in [0.15, 0.2) is 5.69 Å². The Balaban J connectivity index is 2.11. The average Bonchev–Trinajstić information content (AvgIpc) is 2.76. The SMILES string of the molecule is Cn1cc(Cl)c(C(=O)/C=C/C(Cl)=C/c2ccccc2)n1. The highest BCUT2D eigenvalue weighted by Gasteiger charge is 2.11. The summed E-state index contributed by atoms with van der Waals surface area (Å²) in [6.45, 7) is 0. The minimum atomic E-state index is -0.282. The molecule has 0 fully saturated rings. The van der Waals surface area contributed by atoms with Gasteiger partial charge in [-0.2, -0.15) is 5.10 Å². The number of carbonyl (C=O) groups excluding carboxylic acids is 1. The van der Waals surface area contributed by atoms with E-state index in [9.17, 15) is 4.79 Å². The highest BCUT2D eigenvalue weighted by atomic mass is 35.5. The number of allylic oxidation sites excluding steroid dienone is 3. The van der Waals surface area contributed by atoms with E-state index in [1.54, 1.807) is 19.3 Å². The van der Waals surface area contributed by atoms with E-state index in [0.717, 1.165) is 5.56 Å². The Hall–Kier alpha value is -1.84. The van der Waals surface area contributed by atoms with E-state index in [4.69, 9.17) is 23.2 Å². The lowest BCUT2D eigenvalue weighted by atomic mass is 10.2. The van der Waals surface area contributed by atoms with Crippen LogP contribution in [0, 0.1) is 0 Å². The predicted molar refractivity (Wildman–Crippen MR) is 82.0 cm³/mol. The van der Waals surface area contributed by atoms with Crippen molar-refractivity contribution in [2.45, 2.75) is 0 Å². The van der Waals surface area contributed by atoms with Crippen LogP contribution in [0.5, 0.6) is 0 Å². The van der Waals surface area contributed by atoms with Crippen molar-refractivity contribution in [3.63, 3.8) is 0 Å². The summed E-state index contributed by atoms with van der Waals surface area (Å²) in [4.78, 5) is 11.9. The number of rotatable bonds is 4. The number of ketones is 1. The molecule has 1 aromatic carbocycles. The van der Waals surface area contributed by atoms with Gasteiger partial charge >= 0.3 is 0 Å². The third kappa shape index (κ3) is 3.83. The maximum absolute atomic E-state index is 11.9. The van der Waals surface area contributed by atoms with Crippen LogP contribution in [0.1, 0.15) is 16.1 Å². The molecule has 0 N–H and O–H groups in total. The lowest BCUT2D eigenvalue weighted by molar-refractivity contribution is 0.104. The summed E-state index contributed by atoms with van der Waals surface area (Å²) in [5.41, 5.74) is 1.18. The van der Waals surface area contributed by atoms with Crippen LogP contribution in [-0.2, 0) is 7.05 Å². The fourth-order valence-electron chi connectivity index (χ4n) is 1.62. The fraction of sp³-hybridized carbons (Fsp3) is 0.0667. The van der Waals surface area contributed by atoms with Crippen LogP contribution in [0.4, 0.5) is 0 Å². The molecule has 2 aromatic rings. The molecule has 102 valence electrons. The summed E-state index contributed by atoms with van der Waals surface area (Å²) in [6, 6.07) is 9.60. The molecule has 0 aliphatic heterocycles. The molecule has 0 radical (unpaired) electrons. The summed E-state index contributed by atoms with van der Waals surface area (Å²) >= 11 is 12.0. The largest absolute Gasteiger partial charge is 0.287 e. The van der Waals surface area contributed by atoms with Crippen LogP contribution < -0.4 is 0 Å². The molecule has 0 saturated heterocycles. The molecule has 0 unspecified atom stereocenters. The number of aromatic nitrogens is 2. The van der Waals surface area contributed by atoms with E-state index in [-0.39, 0.29) is 11.5 Å². The number of carbonyl (C=O) groups is 1. The minimum Gasteiger partial charge on any atom is -0.287 e. The summed E-state index contributed by atoms with van der Waals surface area (Å²) in [7, 11) is 1.70. The molecule has 2 rings (SSSR count). The molecule has 5 heteroatoms. The molecule has 0 aliphatic carbocycles. The van der Waals surface area contributed by atoms with E-state index >= 15 is 0 Å². The standard InChI is InChI=1S/C15H12Cl2N2O/c1-19-10-13(17)15(18-19)14(20)8-7-12(16)9-11-5-3-2-4-6-11/h2-10H,1H3/b8-7+,12-9-. The molecule has 0 aliphatic rings. The monoisotopic (exact) mass is 306 g/mol. The summed E-state index contributed by atoms with van der Waals surface area (Å²) in [6.07, 6.45) is 6.23. The summed E-state index contributed by atoms with van der Waals surface area (Å²) in [5, 5.41) is 4.77. The van der Waals surface area contributed by atoms with Crippen molar-refractivity contribution >= 4 is 35.1 Å². The second-order valence-electron chi connectivity index (χ2n) is 4.14. The van der Waals surface area contributed by atoms with Crippen LogP contribution >= 0.6 is 23.2 Å². The highest BCUT2D eigenvalue weighted by molar-refractivity contribution is 6.35. The van der Waals surface area contributed by atoms with Gasteiger partial charge in [0, 0.05) is 18.3 Å². The first-order valence-electron chi connectivity index (χ1n) is 5.90. The van der Waals surface area contributed by atoms with Crippen LogP contribution in [0.15, 0.2) is 53.7 Å². The quantitative estimate of drug-likeness (QED) is 0.484. The molecule has 0 bridgehead atoms. The topological polar surface area (TPSA) is 34.9 Å². The van der Waals surface area contributed by atoms with Gasteiger partial charge in [-0.1, -0.05) is 53.5 Å². The van der Waals surface area contributed by atoms with Crippen molar-refractivity contribution < 1.29 is 4.79 Å². The van der Waals surface area contributed by atoms with Crippen LogP contribution in [-0.4, -0.2) is 15.6 Å². The van der Waals surface area contributed by atoms with Gasteiger partial charge in [-0.3, -0.25) is 9.48 Å². The van der Waals surface area contributed by atoms with E-state index in [0.29, 0.717) is 10.1 Å². The zero-order chi connectivity index (χ0) is 14.5. The van der Waals surface area contributed by atoms with Gasteiger partial charge in [-0.15, -0.1) is 0 Å². The molecule has 0 saturated carbocycles. The smallest absolute Gasteiger partial charge is 0.207 e. The Kier molecular flexibility index (Phi) is 4.77. The van der Waals surface area contributed by atoms with Crippen molar-refractivity contribution in [1.82, 2.24) is 9.78 Å². The van der Waals surface area contributed by atoms with Crippen molar-refractivity contribution in [3.05, 3.63) is 70.0 Å². The van der Waals surface area contributed by atoms with Crippen LogP contribution in [0.2, 0.25) is 5.02 Å². The lowest BCUT2D eigenvalue weighted by Gasteiger charge is -1.93. The molecule has 0 atom stereocenters. The van der Waals surface area contributed by atoms with Gasteiger partial charge in [-0.05, 0) is 23.8 Å².